The topological polar surface area (TPSA) is 114 Å². The molecule has 0 atom stereocenters. The van der Waals surface area contributed by atoms with Crippen molar-refractivity contribution in [2.45, 2.75) is 27.1 Å². The highest BCUT2D eigenvalue weighted by Crippen LogP contribution is 2.26. The Morgan fingerprint density at radius 1 is 1.14 bits per heavy atom. The third-order valence-electron chi connectivity index (χ3n) is 2.37. The van der Waals surface area contributed by atoms with Crippen molar-refractivity contribution < 1.29 is 29.0 Å². The second kappa shape index (κ2) is 7.87. The summed E-state index contributed by atoms with van der Waals surface area (Å²) in [6.45, 7) is 3.67. The number of benzene rings is 1. The van der Waals surface area contributed by atoms with E-state index >= 15 is 0 Å². The van der Waals surface area contributed by atoms with Crippen molar-refractivity contribution in [1.82, 2.24) is 0 Å². The Bertz CT molecular complexity index is 556. The highest BCUT2D eigenvalue weighted by Gasteiger charge is 2.16. The molecule has 0 radical (unpaired) electrons. The quantitative estimate of drug-likeness (QED) is 0.313. The fourth-order valence-electron chi connectivity index (χ4n) is 1.63. The van der Waals surface area contributed by atoms with Gasteiger partial charge in [0, 0.05) is 26.5 Å². The molecule has 1 aromatic rings. The van der Waals surface area contributed by atoms with Gasteiger partial charge in [-0.25, -0.2) is 0 Å². The zero-order valence-corrected chi connectivity index (χ0v) is 12.5. The van der Waals surface area contributed by atoms with E-state index in [-0.39, 0.29) is 23.9 Å². The molecule has 0 aliphatic rings. The van der Waals surface area contributed by atoms with Gasteiger partial charge in [-0.3, -0.25) is 14.4 Å². The molecule has 1 aromatic carbocycles. The molecule has 22 heavy (non-hydrogen) atoms. The molecule has 8 heteroatoms. The molecule has 0 aliphatic carbocycles. The zero-order chi connectivity index (χ0) is 16.7. The van der Waals surface area contributed by atoms with Crippen molar-refractivity contribution in [1.29, 1.82) is 0 Å². The molecule has 120 valence electrons. The lowest BCUT2D eigenvalue weighted by Gasteiger charge is -2.18. The summed E-state index contributed by atoms with van der Waals surface area (Å²) in [4.78, 5) is 32.9. The van der Waals surface area contributed by atoms with Crippen molar-refractivity contribution in [2.75, 3.05) is 17.2 Å². The molecule has 1 amide bonds. The lowest BCUT2D eigenvalue weighted by Crippen LogP contribution is -2.29. The normalized spacial score (nSPS) is 10.0. The van der Waals surface area contributed by atoms with Gasteiger partial charge in [0.1, 0.15) is 5.75 Å². The van der Waals surface area contributed by atoms with Crippen molar-refractivity contribution in [3.05, 3.63) is 18.2 Å². The first-order valence-electron chi connectivity index (χ1n) is 6.47. The zero-order valence-electron chi connectivity index (χ0n) is 12.5. The molecule has 0 bridgehead atoms. The van der Waals surface area contributed by atoms with Gasteiger partial charge >= 0.3 is 11.9 Å². The van der Waals surface area contributed by atoms with Gasteiger partial charge in [0.2, 0.25) is 5.91 Å². The molecule has 0 aliphatic heterocycles. The van der Waals surface area contributed by atoms with Crippen LogP contribution in [0.2, 0.25) is 0 Å². The Morgan fingerprint density at radius 3 is 2.23 bits per heavy atom. The molecular weight excluding hydrogens is 292 g/mol. The number of carbonyl (C=O) groups excluding carboxylic acids is 3. The summed E-state index contributed by atoms with van der Waals surface area (Å²) in [5.41, 5.74) is 0.764. The van der Waals surface area contributed by atoms with Crippen molar-refractivity contribution in [2.24, 2.45) is 0 Å². The predicted octanol–water partition coefficient (Wildman–Crippen LogP) is 1.21. The van der Waals surface area contributed by atoms with E-state index in [4.69, 9.17) is 9.47 Å². The van der Waals surface area contributed by atoms with Crippen molar-refractivity contribution in [3.63, 3.8) is 0 Å². The Labute approximate surface area is 127 Å². The number of hydrogen-bond donors (Lipinski definition) is 3. The first kappa shape index (κ1) is 17.3. The van der Waals surface area contributed by atoms with Crippen LogP contribution in [0.1, 0.15) is 20.8 Å². The molecule has 0 heterocycles. The Morgan fingerprint density at radius 2 is 1.73 bits per heavy atom. The Hall–Kier alpha value is -2.77. The van der Waals surface area contributed by atoms with Crippen LogP contribution in [0, 0.1) is 0 Å². The second-order valence-corrected chi connectivity index (χ2v) is 4.44. The number of rotatable bonds is 6. The van der Waals surface area contributed by atoms with E-state index in [1.807, 2.05) is 0 Å². The SMILES string of the molecule is CC(=O)Nc1ccc(O)c(NCC(OC(C)=O)OC(C)=O)c1. The minimum Gasteiger partial charge on any atom is -0.506 e. The number of esters is 2. The molecular formula is C14H18N2O6. The fraction of sp³-hybridized carbons (Fsp3) is 0.357. The summed E-state index contributed by atoms with van der Waals surface area (Å²) in [6, 6.07) is 4.41. The van der Waals surface area contributed by atoms with Gasteiger partial charge in [-0.15, -0.1) is 0 Å². The van der Waals surface area contributed by atoms with Gasteiger partial charge in [0.05, 0.1) is 12.2 Å². The highest BCUT2D eigenvalue weighted by atomic mass is 16.7. The number of anilines is 2. The maximum Gasteiger partial charge on any atom is 0.305 e. The molecule has 0 spiro atoms. The third kappa shape index (κ3) is 6.12. The molecule has 8 nitrogen and oxygen atoms in total. The highest BCUT2D eigenvalue weighted by molar-refractivity contribution is 5.89. The molecule has 0 unspecified atom stereocenters. The van der Waals surface area contributed by atoms with Crippen LogP contribution in [0.3, 0.4) is 0 Å². The average Bonchev–Trinajstić information content (AvgIpc) is 2.37. The third-order valence-corrected chi connectivity index (χ3v) is 2.37. The summed E-state index contributed by atoms with van der Waals surface area (Å²) >= 11 is 0. The van der Waals surface area contributed by atoms with E-state index in [0.29, 0.717) is 5.69 Å². The van der Waals surface area contributed by atoms with Crippen LogP contribution in [0.5, 0.6) is 5.75 Å². The number of aromatic hydroxyl groups is 1. The number of carbonyl (C=O) groups is 3. The molecule has 0 aromatic heterocycles. The van der Waals surface area contributed by atoms with Gasteiger partial charge in [-0.1, -0.05) is 0 Å². The van der Waals surface area contributed by atoms with Gasteiger partial charge in [-0.05, 0) is 18.2 Å². The number of amides is 1. The summed E-state index contributed by atoms with van der Waals surface area (Å²) in [5.74, 6) is -1.54. The monoisotopic (exact) mass is 310 g/mol. The standard InChI is InChI=1S/C14H18N2O6/c1-8(17)16-11-4-5-13(20)12(6-11)15-7-14(21-9(2)18)22-10(3)19/h4-6,14-15,20H,7H2,1-3H3,(H,16,17). The van der Waals surface area contributed by atoms with Crippen LogP contribution in [0.15, 0.2) is 18.2 Å². The number of phenols is 1. The summed E-state index contributed by atoms with van der Waals surface area (Å²) < 4.78 is 9.64. The van der Waals surface area contributed by atoms with Crippen LogP contribution in [0.4, 0.5) is 11.4 Å². The maximum absolute atomic E-state index is 11.0. The number of phenolic OH excluding ortho intramolecular Hbond substituents is 1. The van der Waals surface area contributed by atoms with E-state index in [1.165, 1.54) is 39.0 Å². The van der Waals surface area contributed by atoms with Gasteiger partial charge < -0.3 is 25.2 Å². The van der Waals surface area contributed by atoms with Crippen LogP contribution in [-0.4, -0.2) is 35.8 Å². The molecule has 3 N–H and O–H groups in total. The predicted molar refractivity (Wildman–Crippen MR) is 78.2 cm³/mol. The van der Waals surface area contributed by atoms with E-state index in [2.05, 4.69) is 10.6 Å². The molecule has 0 fully saturated rings. The van der Waals surface area contributed by atoms with Gasteiger partial charge in [0.25, 0.3) is 6.29 Å². The number of nitrogens with one attached hydrogen (secondary N) is 2. The minimum atomic E-state index is -1.13. The smallest absolute Gasteiger partial charge is 0.305 e. The van der Waals surface area contributed by atoms with Crippen LogP contribution < -0.4 is 10.6 Å². The first-order chi connectivity index (χ1) is 10.3. The maximum atomic E-state index is 11.0. The second-order valence-electron chi connectivity index (χ2n) is 4.44. The number of ether oxygens (including phenoxy) is 2. The Kier molecular flexibility index (Phi) is 6.18. The van der Waals surface area contributed by atoms with E-state index in [9.17, 15) is 19.5 Å². The lowest BCUT2D eigenvalue weighted by atomic mass is 10.2. The largest absolute Gasteiger partial charge is 0.506 e. The number of hydrogen-bond acceptors (Lipinski definition) is 7. The van der Waals surface area contributed by atoms with Gasteiger partial charge in [0.15, 0.2) is 0 Å². The van der Waals surface area contributed by atoms with Crippen molar-refractivity contribution >= 4 is 29.2 Å². The van der Waals surface area contributed by atoms with Gasteiger partial charge in [-0.2, -0.15) is 0 Å². The van der Waals surface area contributed by atoms with E-state index in [1.54, 1.807) is 0 Å². The first-order valence-corrected chi connectivity index (χ1v) is 6.47. The van der Waals surface area contributed by atoms with E-state index in [0.717, 1.165) is 0 Å². The van der Waals surface area contributed by atoms with E-state index < -0.39 is 18.2 Å². The van der Waals surface area contributed by atoms with Crippen LogP contribution >= 0.6 is 0 Å². The van der Waals surface area contributed by atoms with Crippen molar-refractivity contribution in [3.8, 4) is 5.75 Å². The molecule has 0 saturated heterocycles. The summed E-state index contributed by atoms with van der Waals surface area (Å²) in [6.07, 6.45) is -1.13. The fourth-order valence-corrected chi connectivity index (χ4v) is 1.63. The lowest BCUT2D eigenvalue weighted by molar-refractivity contribution is -0.182. The summed E-state index contributed by atoms with van der Waals surface area (Å²) in [7, 11) is 0. The van der Waals surface area contributed by atoms with Crippen LogP contribution in [-0.2, 0) is 23.9 Å². The summed E-state index contributed by atoms with van der Waals surface area (Å²) in [5, 5.41) is 15.1. The minimum absolute atomic E-state index is 0.0593. The molecule has 1 rings (SSSR count). The average molecular weight is 310 g/mol. The Balaban J connectivity index is 2.76. The van der Waals surface area contributed by atoms with Crippen LogP contribution in [0.25, 0.3) is 0 Å². The molecule has 0 saturated carbocycles.